The molecule has 2 heterocycles. The molecule has 1 atom stereocenters. The number of carbonyl (C=O) groups excluding carboxylic acids is 1. The molecule has 4 nitrogen and oxygen atoms in total. The predicted molar refractivity (Wildman–Crippen MR) is 80.9 cm³/mol. The fourth-order valence-electron chi connectivity index (χ4n) is 2.58. The second kappa shape index (κ2) is 4.78. The second-order valence-corrected chi connectivity index (χ2v) is 8.89. The fraction of sp³-hybridized carbons (Fsp3) is 0.357. The van der Waals surface area contributed by atoms with Crippen molar-refractivity contribution < 1.29 is 17.6 Å². The van der Waals surface area contributed by atoms with E-state index in [1.807, 2.05) is 0 Å². The van der Waals surface area contributed by atoms with Crippen LogP contribution >= 0.6 is 11.3 Å². The van der Waals surface area contributed by atoms with Gasteiger partial charge in [0.15, 0.2) is 9.84 Å². The van der Waals surface area contributed by atoms with Gasteiger partial charge in [-0.2, -0.15) is 0 Å². The first kappa shape index (κ1) is 14.5. The van der Waals surface area contributed by atoms with Crippen LogP contribution in [0.25, 0.3) is 10.1 Å². The minimum atomic E-state index is -3.08. The molecule has 1 aliphatic rings. The maximum Gasteiger partial charge on any atom is 0.261 e. The van der Waals surface area contributed by atoms with Crippen LogP contribution in [-0.4, -0.2) is 31.4 Å². The number of hydrogen-bond acceptors (Lipinski definition) is 4. The lowest BCUT2D eigenvalue weighted by Gasteiger charge is -2.23. The molecule has 1 N–H and O–H groups in total. The third kappa shape index (κ3) is 2.80. The number of fused-ring (bicyclic) bond motifs is 1. The number of rotatable bonds is 2. The molecule has 21 heavy (non-hydrogen) atoms. The van der Waals surface area contributed by atoms with E-state index in [2.05, 4.69) is 5.32 Å². The topological polar surface area (TPSA) is 63.2 Å². The van der Waals surface area contributed by atoms with Gasteiger partial charge in [0.25, 0.3) is 5.91 Å². The molecule has 0 bridgehead atoms. The smallest absolute Gasteiger partial charge is 0.261 e. The molecule has 1 aromatic carbocycles. The average Bonchev–Trinajstić information content (AvgIpc) is 2.92. The zero-order valence-electron chi connectivity index (χ0n) is 11.3. The summed E-state index contributed by atoms with van der Waals surface area (Å²) in [6, 6.07) is 6.21. The van der Waals surface area contributed by atoms with Crippen molar-refractivity contribution >= 4 is 37.2 Å². The molecule has 0 saturated carbocycles. The molecule has 1 saturated heterocycles. The Morgan fingerprint density at radius 1 is 1.43 bits per heavy atom. The minimum Gasteiger partial charge on any atom is -0.345 e. The van der Waals surface area contributed by atoms with E-state index in [1.54, 1.807) is 19.1 Å². The molecule has 1 fully saturated rings. The molecule has 1 aliphatic heterocycles. The average molecular weight is 327 g/mol. The number of benzene rings is 1. The van der Waals surface area contributed by atoms with Gasteiger partial charge in [-0.25, -0.2) is 12.8 Å². The van der Waals surface area contributed by atoms with Gasteiger partial charge in [0.05, 0.1) is 21.9 Å². The quantitative estimate of drug-likeness (QED) is 0.921. The Morgan fingerprint density at radius 3 is 2.81 bits per heavy atom. The standard InChI is InChI=1S/C14H14FNO3S2/c1-14(5-6-21(18,19)8-14)16-13(17)12-7-9-10(15)3-2-4-11(9)20-12/h2-4,7H,5-6,8H2,1H3,(H,16,17). The van der Waals surface area contributed by atoms with E-state index in [4.69, 9.17) is 0 Å². The first-order chi connectivity index (χ1) is 9.78. The Kier molecular flexibility index (Phi) is 3.29. The number of nitrogens with one attached hydrogen (secondary N) is 1. The van der Waals surface area contributed by atoms with Crippen LogP contribution in [0.1, 0.15) is 23.0 Å². The molecular weight excluding hydrogens is 313 g/mol. The van der Waals surface area contributed by atoms with Crippen LogP contribution in [-0.2, 0) is 9.84 Å². The van der Waals surface area contributed by atoms with Crippen LogP contribution in [0.3, 0.4) is 0 Å². The molecule has 7 heteroatoms. The molecule has 0 aliphatic carbocycles. The van der Waals surface area contributed by atoms with Crippen molar-refractivity contribution in [3.8, 4) is 0 Å². The van der Waals surface area contributed by atoms with Crippen molar-refractivity contribution in [2.24, 2.45) is 0 Å². The number of carbonyl (C=O) groups is 1. The van der Waals surface area contributed by atoms with Gasteiger partial charge in [-0.1, -0.05) is 6.07 Å². The summed E-state index contributed by atoms with van der Waals surface area (Å²) >= 11 is 1.20. The van der Waals surface area contributed by atoms with E-state index >= 15 is 0 Å². The highest BCUT2D eigenvalue weighted by atomic mass is 32.2. The van der Waals surface area contributed by atoms with E-state index in [9.17, 15) is 17.6 Å². The summed E-state index contributed by atoms with van der Waals surface area (Å²) in [5.41, 5.74) is -0.745. The van der Waals surface area contributed by atoms with Gasteiger partial charge in [-0.05, 0) is 31.5 Å². The Morgan fingerprint density at radius 2 is 2.19 bits per heavy atom. The van der Waals surface area contributed by atoms with Crippen LogP contribution < -0.4 is 5.32 Å². The van der Waals surface area contributed by atoms with Gasteiger partial charge in [0.2, 0.25) is 0 Å². The summed E-state index contributed by atoms with van der Waals surface area (Å²) in [7, 11) is -3.08. The van der Waals surface area contributed by atoms with Crippen molar-refractivity contribution in [2.45, 2.75) is 18.9 Å². The fourth-order valence-corrected chi connectivity index (χ4v) is 5.65. The molecule has 1 aromatic heterocycles. The van der Waals surface area contributed by atoms with E-state index in [1.165, 1.54) is 23.5 Å². The summed E-state index contributed by atoms with van der Waals surface area (Å²) in [6.07, 6.45) is 0.403. The van der Waals surface area contributed by atoms with Crippen molar-refractivity contribution in [3.63, 3.8) is 0 Å². The monoisotopic (exact) mass is 327 g/mol. The summed E-state index contributed by atoms with van der Waals surface area (Å²) in [5, 5.41) is 3.19. The Labute approximate surface area is 125 Å². The lowest BCUT2D eigenvalue weighted by atomic mass is 10.0. The van der Waals surface area contributed by atoms with E-state index < -0.39 is 15.4 Å². The first-order valence-corrected chi connectivity index (χ1v) is 9.13. The van der Waals surface area contributed by atoms with Gasteiger partial charge in [0, 0.05) is 10.1 Å². The summed E-state index contributed by atoms with van der Waals surface area (Å²) in [6.45, 7) is 1.73. The maximum atomic E-state index is 13.6. The third-order valence-electron chi connectivity index (χ3n) is 3.65. The van der Waals surface area contributed by atoms with Crippen molar-refractivity contribution in [1.82, 2.24) is 5.32 Å². The Bertz CT molecular complexity index is 828. The SMILES string of the molecule is CC1(NC(=O)c2cc3c(F)cccc3s2)CCS(=O)(=O)C1. The first-order valence-electron chi connectivity index (χ1n) is 6.49. The molecule has 1 amide bonds. The largest absolute Gasteiger partial charge is 0.345 e. The highest BCUT2D eigenvalue weighted by Gasteiger charge is 2.39. The number of sulfone groups is 1. The Hall–Kier alpha value is -1.47. The lowest BCUT2D eigenvalue weighted by Crippen LogP contribution is -2.46. The van der Waals surface area contributed by atoms with Gasteiger partial charge < -0.3 is 5.32 Å². The zero-order valence-corrected chi connectivity index (χ0v) is 13.0. The van der Waals surface area contributed by atoms with Crippen molar-refractivity contribution in [1.29, 1.82) is 0 Å². The van der Waals surface area contributed by atoms with Crippen LogP contribution in [0.15, 0.2) is 24.3 Å². The van der Waals surface area contributed by atoms with Gasteiger partial charge in [-0.3, -0.25) is 4.79 Å². The van der Waals surface area contributed by atoms with Gasteiger partial charge >= 0.3 is 0 Å². The van der Waals surface area contributed by atoms with Crippen LogP contribution in [0.4, 0.5) is 4.39 Å². The summed E-state index contributed by atoms with van der Waals surface area (Å²) in [5.74, 6) is -0.678. The van der Waals surface area contributed by atoms with Crippen molar-refractivity contribution in [3.05, 3.63) is 35.0 Å². The Balaban J connectivity index is 1.86. The maximum absolute atomic E-state index is 13.6. The molecule has 0 spiro atoms. The highest BCUT2D eigenvalue weighted by molar-refractivity contribution is 7.91. The van der Waals surface area contributed by atoms with E-state index in [-0.39, 0.29) is 23.2 Å². The normalized spacial score (nSPS) is 24.3. The van der Waals surface area contributed by atoms with Crippen LogP contribution in [0.2, 0.25) is 0 Å². The third-order valence-corrected chi connectivity index (χ3v) is 6.65. The number of hydrogen-bond donors (Lipinski definition) is 1. The second-order valence-electron chi connectivity index (χ2n) is 5.62. The molecular formula is C14H14FNO3S2. The highest BCUT2D eigenvalue weighted by Crippen LogP contribution is 2.29. The molecule has 0 radical (unpaired) electrons. The molecule has 112 valence electrons. The van der Waals surface area contributed by atoms with Gasteiger partial charge in [0.1, 0.15) is 5.82 Å². The molecule has 2 aromatic rings. The van der Waals surface area contributed by atoms with E-state index in [0.29, 0.717) is 21.4 Å². The van der Waals surface area contributed by atoms with E-state index in [0.717, 1.165) is 0 Å². The number of halogens is 1. The number of thiophene rings is 1. The zero-order chi connectivity index (χ0) is 15.3. The molecule has 1 unspecified atom stereocenters. The summed E-state index contributed by atoms with van der Waals surface area (Å²) in [4.78, 5) is 12.7. The lowest BCUT2D eigenvalue weighted by molar-refractivity contribution is 0.0919. The van der Waals surface area contributed by atoms with Crippen molar-refractivity contribution in [2.75, 3.05) is 11.5 Å². The predicted octanol–water partition coefficient (Wildman–Crippen LogP) is 2.35. The van der Waals surface area contributed by atoms with Crippen LogP contribution in [0.5, 0.6) is 0 Å². The number of amides is 1. The summed E-state index contributed by atoms with van der Waals surface area (Å²) < 4.78 is 37.4. The molecule has 3 rings (SSSR count). The van der Waals surface area contributed by atoms with Crippen LogP contribution in [0, 0.1) is 5.82 Å². The van der Waals surface area contributed by atoms with Gasteiger partial charge in [-0.15, -0.1) is 11.3 Å². The minimum absolute atomic E-state index is 0.0506.